The maximum atomic E-state index is 12.2. The molecule has 21 heavy (non-hydrogen) atoms. The van der Waals surface area contributed by atoms with Crippen LogP contribution in [0.15, 0.2) is 11.6 Å². The molecule has 0 radical (unpaired) electrons. The predicted molar refractivity (Wildman–Crippen MR) is 87.0 cm³/mol. The highest BCUT2D eigenvalue weighted by atomic mass is 16.5. The van der Waals surface area contributed by atoms with Gasteiger partial charge in [0.25, 0.3) is 0 Å². The SMILES string of the molecule is CCC[C@H](C(=O)OCC)C1=CC[C@H](C2CCCCC2)CC1. The highest BCUT2D eigenvalue weighted by Gasteiger charge is 2.29. The molecule has 0 bridgehead atoms. The number of hydrogen-bond donors (Lipinski definition) is 0. The van der Waals surface area contributed by atoms with E-state index >= 15 is 0 Å². The van der Waals surface area contributed by atoms with E-state index < -0.39 is 0 Å². The van der Waals surface area contributed by atoms with Crippen LogP contribution in [0.1, 0.15) is 78.1 Å². The smallest absolute Gasteiger partial charge is 0.313 e. The van der Waals surface area contributed by atoms with Gasteiger partial charge in [-0.15, -0.1) is 0 Å². The number of rotatable bonds is 6. The predicted octanol–water partition coefficient (Wildman–Crippen LogP) is 5.27. The van der Waals surface area contributed by atoms with Crippen molar-refractivity contribution in [3.63, 3.8) is 0 Å². The van der Waals surface area contributed by atoms with Crippen LogP contribution in [-0.4, -0.2) is 12.6 Å². The molecule has 120 valence electrons. The largest absolute Gasteiger partial charge is 0.466 e. The van der Waals surface area contributed by atoms with Gasteiger partial charge in [-0.25, -0.2) is 0 Å². The van der Waals surface area contributed by atoms with Crippen molar-refractivity contribution in [2.24, 2.45) is 17.8 Å². The van der Waals surface area contributed by atoms with Crippen LogP contribution in [0.25, 0.3) is 0 Å². The quantitative estimate of drug-likeness (QED) is 0.492. The Morgan fingerprint density at radius 1 is 1.19 bits per heavy atom. The number of carbonyl (C=O) groups excluding carboxylic acids is 1. The average molecular weight is 292 g/mol. The van der Waals surface area contributed by atoms with E-state index in [0.29, 0.717) is 6.61 Å². The molecule has 0 amide bonds. The molecule has 0 aromatic heterocycles. The third-order valence-electron chi connectivity index (χ3n) is 5.40. The molecule has 0 spiro atoms. The summed E-state index contributed by atoms with van der Waals surface area (Å²) in [5.74, 6) is 1.85. The van der Waals surface area contributed by atoms with Gasteiger partial charge in [0.05, 0.1) is 12.5 Å². The molecule has 1 saturated carbocycles. The Labute approximate surface area is 130 Å². The fourth-order valence-corrected chi connectivity index (χ4v) is 4.21. The third-order valence-corrected chi connectivity index (χ3v) is 5.40. The summed E-state index contributed by atoms with van der Waals surface area (Å²) in [6.07, 6.45) is 15.1. The van der Waals surface area contributed by atoms with Gasteiger partial charge in [-0.05, 0) is 44.4 Å². The molecule has 2 nitrogen and oxygen atoms in total. The van der Waals surface area contributed by atoms with Crippen molar-refractivity contribution in [3.05, 3.63) is 11.6 Å². The second-order valence-electron chi connectivity index (χ2n) is 6.80. The molecule has 0 aliphatic heterocycles. The highest BCUT2D eigenvalue weighted by Crippen LogP contribution is 2.39. The summed E-state index contributed by atoms with van der Waals surface area (Å²) in [4.78, 5) is 12.2. The molecule has 1 fully saturated rings. The van der Waals surface area contributed by atoms with Crippen LogP contribution in [0.4, 0.5) is 0 Å². The van der Waals surface area contributed by atoms with E-state index in [9.17, 15) is 4.79 Å². The lowest BCUT2D eigenvalue weighted by atomic mass is 9.72. The molecular weight excluding hydrogens is 260 g/mol. The van der Waals surface area contributed by atoms with E-state index in [0.717, 1.165) is 31.1 Å². The molecule has 2 atom stereocenters. The summed E-state index contributed by atoms with van der Waals surface area (Å²) < 4.78 is 5.27. The maximum Gasteiger partial charge on any atom is 0.313 e. The molecular formula is C19H32O2. The van der Waals surface area contributed by atoms with E-state index in [2.05, 4.69) is 13.0 Å². The van der Waals surface area contributed by atoms with Crippen molar-refractivity contribution < 1.29 is 9.53 Å². The lowest BCUT2D eigenvalue weighted by Gasteiger charge is -2.33. The van der Waals surface area contributed by atoms with Crippen LogP contribution >= 0.6 is 0 Å². The zero-order valence-electron chi connectivity index (χ0n) is 13.9. The fraction of sp³-hybridized carbons (Fsp3) is 0.842. The molecule has 2 aliphatic carbocycles. The van der Waals surface area contributed by atoms with Gasteiger partial charge in [0.1, 0.15) is 0 Å². The van der Waals surface area contributed by atoms with Crippen molar-refractivity contribution in [1.29, 1.82) is 0 Å². The summed E-state index contributed by atoms with van der Waals surface area (Å²) in [6.45, 7) is 4.55. The van der Waals surface area contributed by atoms with Crippen LogP contribution in [0.2, 0.25) is 0 Å². The van der Waals surface area contributed by atoms with Gasteiger partial charge in [0.2, 0.25) is 0 Å². The molecule has 0 unspecified atom stereocenters. The summed E-state index contributed by atoms with van der Waals surface area (Å²) in [5, 5.41) is 0. The molecule has 0 heterocycles. The van der Waals surface area contributed by atoms with E-state index in [1.165, 1.54) is 50.5 Å². The second-order valence-corrected chi connectivity index (χ2v) is 6.80. The lowest BCUT2D eigenvalue weighted by Crippen LogP contribution is -2.25. The zero-order valence-corrected chi connectivity index (χ0v) is 13.9. The molecule has 0 aromatic rings. The van der Waals surface area contributed by atoms with Gasteiger partial charge in [0, 0.05) is 0 Å². The van der Waals surface area contributed by atoms with Gasteiger partial charge in [-0.2, -0.15) is 0 Å². The third kappa shape index (κ3) is 4.59. The molecule has 2 rings (SSSR count). The number of allylic oxidation sites excluding steroid dienone is 1. The summed E-state index contributed by atoms with van der Waals surface area (Å²) in [7, 11) is 0. The van der Waals surface area contributed by atoms with Crippen molar-refractivity contribution in [2.45, 2.75) is 78.1 Å². The van der Waals surface area contributed by atoms with Crippen LogP contribution < -0.4 is 0 Å². The molecule has 0 N–H and O–H groups in total. The topological polar surface area (TPSA) is 26.3 Å². The van der Waals surface area contributed by atoms with Crippen LogP contribution in [-0.2, 0) is 9.53 Å². The zero-order chi connectivity index (χ0) is 15.1. The summed E-state index contributed by atoms with van der Waals surface area (Å²) in [5.41, 5.74) is 1.36. The molecule has 2 aliphatic rings. The Balaban J connectivity index is 1.93. The Morgan fingerprint density at radius 2 is 1.95 bits per heavy atom. The van der Waals surface area contributed by atoms with Gasteiger partial charge >= 0.3 is 5.97 Å². The highest BCUT2D eigenvalue weighted by molar-refractivity contribution is 5.75. The van der Waals surface area contributed by atoms with Gasteiger partial charge in [-0.1, -0.05) is 57.1 Å². The van der Waals surface area contributed by atoms with Crippen LogP contribution in [0.5, 0.6) is 0 Å². The number of ether oxygens (including phenoxy) is 1. The van der Waals surface area contributed by atoms with Crippen molar-refractivity contribution in [2.75, 3.05) is 6.61 Å². The van der Waals surface area contributed by atoms with Gasteiger partial charge < -0.3 is 4.74 Å². The maximum absolute atomic E-state index is 12.2. The van der Waals surface area contributed by atoms with Crippen molar-refractivity contribution >= 4 is 5.97 Å². The van der Waals surface area contributed by atoms with E-state index in [1.54, 1.807) is 0 Å². The molecule has 2 heteroatoms. The first-order valence-corrected chi connectivity index (χ1v) is 9.11. The Kier molecular flexibility index (Phi) is 6.79. The van der Waals surface area contributed by atoms with Gasteiger partial charge in [0.15, 0.2) is 0 Å². The Morgan fingerprint density at radius 3 is 2.52 bits per heavy atom. The second kappa shape index (κ2) is 8.60. The first-order valence-electron chi connectivity index (χ1n) is 9.11. The van der Waals surface area contributed by atoms with Gasteiger partial charge in [-0.3, -0.25) is 4.79 Å². The normalized spacial score (nSPS) is 25.2. The first-order chi connectivity index (χ1) is 10.3. The van der Waals surface area contributed by atoms with E-state index in [-0.39, 0.29) is 11.9 Å². The lowest BCUT2D eigenvalue weighted by molar-refractivity contribution is -0.147. The first kappa shape index (κ1) is 16.6. The van der Waals surface area contributed by atoms with Crippen molar-refractivity contribution in [1.82, 2.24) is 0 Å². The monoisotopic (exact) mass is 292 g/mol. The van der Waals surface area contributed by atoms with E-state index in [1.807, 2.05) is 6.92 Å². The Hall–Kier alpha value is -0.790. The molecule has 0 saturated heterocycles. The van der Waals surface area contributed by atoms with Crippen LogP contribution in [0.3, 0.4) is 0 Å². The van der Waals surface area contributed by atoms with E-state index in [4.69, 9.17) is 4.74 Å². The number of esters is 1. The average Bonchev–Trinajstić information content (AvgIpc) is 2.54. The molecule has 0 aromatic carbocycles. The van der Waals surface area contributed by atoms with Crippen molar-refractivity contribution in [3.8, 4) is 0 Å². The standard InChI is InChI=1S/C19H32O2/c1-3-8-18(19(20)21-4-2)17-13-11-16(12-14-17)15-9-6-5-7-10-15/h13,15-16,18H,3-12,14H2,1-2H3/t16-,18-/m0/s1. The number of carbonyl (C=O) groups is 1. The minimum Gasteiger partial charge on any atom is -0.466 e. The minimum atomic E-state index is 0.00159. The fourth-order valence-electron chi connectivity index (χ4n) is 4.21. The summed E-state index contributed by atoms with van der Waals surface area (Å²) in [6, 6.07) is 0. The van der Waals surface area contributed by atoms with Crippen LogP contribution in [0, 0.1) is 17.8 Å². The minimum absolute atomic E-state index is 0.00159. The summed E-state index contributed by atoms with van der Waals surface area (Å²) >= 11 is 0. The Bertz CT molecular complexity index is 353. The number of hydrogen-bond acceptors (Lipinski definition) is 2.